The minimum atomic E-state index is -0.689. The normalized spacial score (nSPS) is 10.8. The van der Waals surface area contributed by atoms with E-state index in [1.807, 2.05) is 31.2 Å². The summed E-state index contributed by atoms with van der Waals surface area (Å²) in [4.78, 5) is 33.7. The molecule has 0 aliphatic carbocycles. The van der Waals surface area contributed by atoms with Crippen molar-refractivity contribution in [3.8, 4) is 5.75 Å². The first-order valence-electron chi connectivity index (χ1n) is 9.05. The molecule has 0 saturated heterocycles. The van der Waals surface area contributed by atoms with E-state index < -0.39 is 16.7 Å². The molecule has 0 spiro atoms. The number of furan rings is 1. The number of benzene rings is 1. The average molecular weight is 424 g/mol. The van der Waals surface area contributed by atoms with Crippen molar-refractivity contribution in [1.82, 2.24) is 9.97 Å². The van der Waals surface area contributed by atoms with Crippen LogP contribution in [0.3, 0.4) is 0 Å². The predicted molar refractivity (Wildman–Crippen MR) is 111 cm³/mol. The zero-order chi connectivity index (χ0) is 21.1. The Hall–Kier alpha value is -3.79. The Balaban J connectivity index is 1.76. The fourth-order valence-electron chi connectivity index (χ4n) is 2.85. The van der Waals surface area contributed by atoms with Gasteiger partial charge in [0.05, 0.1) is 29.6 Å². The second-order valence-electron chi connectivity index (χ2n) is 6.14. The lowest BCUT2D eigenvalue weighted by atomic mass is 10.3. The fraction of sp³-hybridized carbons (Fsp3) is 0.150. The van der Waals surface area contributed by atoms with Gasteiger partial charge in [-0.05, 0) is 37.3 Å². The van der Waals surface area contributed by atoms with Gasteiger partial charge in [0.1, 0.15) is 16.2 Å². The highest BCUT2D eigenvalue weighted by Crippen LogP contribution is 2.35. The van der Waals surface area contributed by atoms with Gasteiger partial charge in [-0.15, -0.1) is 0 Å². The Labute approximate surface area is 174 Å². The quantitative estimate of drug-likeness (QED) is 0.318. The molecule has 1 aromatic carbocycles. The van der Waals surface area contributed by atoms with Crippen LogP contribution in [0.1, 0.15) is 23.2 Å². The van der Waals surface area contributed by atoms with Crippen molar-refractivity contribution in [2.24, 2.45) is 0 Å². The number of nitrogens with zero attached hydrogens (tertiary/aromatic N) is 4. The Morgan fingerprint density at radius 3 is 2.80 bits per heavy atom. The summed E-state index contributed by atoms with van der Waals surface area (Å²) in [5, 5.41) is 11.3. The minimum absolute atomic E-state index is 0.123. The second-order valence-corrected chi connectivity index (χ2v) is 7.15. The van der Waals surface area contributed by atoms with Crippen LogP contribution in [0.15, 0.2) is 59.1 Å². The average Bonchev–Trinajstić information content (AvgIpc) is 3.40. The summed E-state index contributed by atoms with van der Waals surface area (Å²) in [5.41, 5.74) is 1.28. The van der Waals surface area contributed by atoms with Crippen molar-refractivity contribution in [1.29, 1.82) is 0 Å². The van der Waals surface area contributed by atoms with Crippen molar-refractivity contribution in [2.75, 3.05) is 11.5 Å². The molecule has 0 unspecified atom stereocenters. The summed E-state index contributed by atoms with van der Waals surface area (Å²) in [6, 6.07) is 13.4. The molecule has 0 aliphatic rings. The maximum atomic E-state index is 13.2. The van der Waals surface area contributed by atoms with Crippen molar-refractivity contribution < 1.29 is 18.9 Å². The highest BCUT2D eigenvalue weighted by Gasteiger charge is 2.27. The van der Waals surface area contributed by atoms with Gasteiger partial charge in [0.15, 0.2) is 10.9 Å². The molecule has 4 rings (SSSR count). The molecular formula is C20H16N4O5S. The highest BCUT2D eigenvalue weighted by atomic mass is 32.1. The number of carbonyl (C=O) groups is 1. The van der Waals surface area contributed by atoms with Crippen LogP contribution < -0.4 is 9.64 Å². The number of ether oxygens (including phenoxy) is 1. The summed E-state index contributed by atoms with van der Waals surface area (Å²) in [7, 11) is 0. The number of pyridine rings is 1. The third kappa shape index (κ3) is 3.85. The van der Waals surface area contributed by atoms with Crippen molar-refractivity contribution in [3.63, 3.8) is 0 Å². The largest absolute Gasteiger partial charge is 0.492 e. The minimum Gasteiger partial charge on any atom is -0.492 e. The molecule has 0 atom stereocenters. The van der Waals surface area contributed by atoms with E-state index in [1.54, 1.807) is 18.3 Å². The molecule has 0 bridgehead atoms. The fourth-order valence-corrected chi connectivity index (χ4v) is 3.83. The third-order valence-electron chi connectivity index (χ3n) is 4.18. The van der Waals surface area contributed by atoms with Gasteiger partial charge < -0.3 is 9.15 Å². The van der Waals surface area contributed by atoms with Crippen LogP contribution in [0.2, 0.25) is 0 Å². The molecule has 0 N–H and O–H groups in total. The maximum absolute atomic E-state index is 13.2. The Kier molecular flexibility index (Phi) is 5.40. The van der Waals surface area contributed by atoms with E-state index in [0.717, 1.165) is 10.8 Å². The maximum Gasteiger partial charge on any atom is 0.433 e. The molecule has 0 saturated carbocycles. The van der Waals surface area contributed by atoms with Gasteiger partial charge in [-0.1, -0.05) is 23.5 Å². The third-order valence-corrected chi connectivity index (χ3v) is 5.22. The lowest BCUT2D eigenvalue weighted by Crippen LogP contribution is -2.30. The molecule has 152 valence electrons. The smallest absolute Gasteiger partial charge is 0.433 e. The number of anilines is 1. The SMILES string of the molecule is CCOc1cccc2sc(N(Cc3ccccn3)C(=O)c3ccc([N+](=O)[O-])o3)nc12. The van der Waals surface area contributed by atoms with Crippen LogP contribution in [0.25, 0.3) is 10.2 Å². The van der Waals surface area contributed by atoms with Gasteiger partial charge in [-0.3, -0.25) is 24.8 Å². The number of hydrogen-bond donors (Lipinski definition) is 0. The van der Waals surface area contributed by atoms with Gasteiger partial charge >= 0.3 is 5.88 Å². The molecule has 0 radical (unpaired) electrons. The summed E-state index contributed by atoms with van der Waals surface area (Å²) in [5.74, 6) is -0.580. The predicted octanol–water partition coefficient (Wildman–Crippen LogP) is 4.44. The number of fused-ring (bicyclic) bond motifs is 1. The lowest BCUT2D eigenvalue weighted by Gasteiger charge is -2.18. The number of thiazole rings is 1. The molecule has 0 aliphatic heterocycles. The first-order chi connectivity index (χ1) is 14.6. The van der Waals surface area contributed by atoms with E-state index in [4.69, 9.17) is 9.15 Å². The number of rotatable bonds is 7. The summed E-state index contributed by atoms with van der Waals surface area (Å²) in [6.45, 7) is 2.49. The molecule has 1 amide bonds. The highest BCUT2D eigenvalue weighted by molar-refractivity contribution is 7.22. The van der Waals surface area contributed by atoms with E-state index in [-0.39, 0.29) is 12.3 Å². The standard InChI is InChI=1S/C20H16N4O5S/c1-2-28-14-7-5-8-16-18(14)22-20(30-16)23(12-13-6-3-4-11-21-13)19(25)15-9-10-17(29-15)24(26)27/h3-11H,2,12H2,1H3. The number of hydrogen-bond acceptors (Lipinski definition) is 8. The van der Waals surface area contributed by atoms with Crippen molar-refractivity contribution in [3.05, 3.63) is 76.3 Å². The van der Waals surface area contributed by atoms with E-state index in [0.29, 0.717) is 28.7 Å². The summed E-state index contributed by atoms with van der Waals surface area (Å²) >= 11 is 1.31. The van der Waals surface area contributed by atoms with Crippen LogP contribution in [-0.2, 0) is 6.54 Å². The Morgan fingerprint density at radius 1 is 1.23 bits per heavy atom. The van der Waals surface area contributed by atoms with E-state index in [9.17, 15) is 14.9 Å². The first-order valence-corrected chi connectivity index (χ1v) is 9.87. The second kappa shape index (κ2) is 8.29. The summed E-state index contributed by atoms with van der Waals surface area (Å²) < 4.78 is 11.6. The molecule has 0 fully saturated rings. The zero-order valence-corrected chi connectivity index (χ0v) is 16.7. The van der Waals surface area contributed by atoms with Gasteiger partial charge in [0.25, 0.3) is 5.91 Å². The number of amides is 1. The zero-order valence-electron chi connectivity index (χ0n) is 15.8. The van der Waals surface area contributed by atoms with Crippen LogP contribution in [-0.4, -0.2) is 27.4 Å². The van der Waals surface area contributed by atoms with Gasteiger partial charge in [0, 0.05) is 6.20 Å². The lowest BCUT2D eigenvalue weighted by molar-refractivity contribution is -0.402. The molecule has 4 aromatic rings. The van der Waals surface area contributed by atoms with Crippen molar-refractivity contribution in [2.45, 2.75) is 13.5 Å². The van der Waals surface area contributed by atoms with Gasteiger partial charge in [-0.2, -0.15) is 0 Å². The molecule has 10 heteroatoms. The topological polar surface area (TPSA) is 112 Å². The summed E-state index contributed by atoms with van der Waals surface area (Å²) in [6.07, 6.45) is 1.63. The van der Waals surface area contributed by atoms with Crippen LogP contribution in [0, 0.1) is 10.1 Å². The molecule has 3 aromatic heterocycles. The van der Waals surface area contributed by atoms with E-state index in [2.05, 4.69) is 9.97 Å². The van der Waals surface area contributed by atoms with Crippen LogP contribution in [0.5, 0.6) is 5.75 Å². The Morgan fingerprint density at radius 2 is 2.10 bits per heavy atom. The Bertz CT molecular complexity index is 1200. The van der Waals surface area contributed by atoms with Crippen LogP contribution >= 0.6 is 11.3 Å². The molecule has 9 nitrogen and oxygen atoms in total. The number of carbonyl (C=O) groups excluding carboxylic acids is 1. The first kappa shape index (κ1) is 19.5. The molecular weight excluding hydrogens is 408 g/mol. The van der Waals surface area contributed by atoms with Crippen molar-refractivity contribution >= 4 is 38.5 Å². The molecule has 30 heavy (non-hydrogen) atoms. The number of aromatic nitrogens is 2. The number of para-hydroxylation sites is 1. The van der Waals surface area contributed by atoms with E-state index in [1.165, 1.54) is 22.3 Å². The van der Waals surface area contributed by atoms with Crippen LogP contribution in [0.4, 0.5) is 11.0 Å². The van der Waals surface area contributed by atoms with E-state index >= 15 is 0 Å². The molecule has 3 heterocycles. The monoisotopic (exact) mass is 424 g/mol. The van der Waals surface area contributed by atoms with Gasteiger partial charge in [0.2, 0.25) is 0 Å². The number of nitro groups is 1. The van der Waals surface area contributed by atoms with Gasteiger partial charge in [-0.25, -0.2) is 4.98 Å².